The molecule has 4 heteroatoms. The lowest BCUT2D eigenvalue weighted by atomic mass is 9.85. The molecule has 0 bridgehead atoms. The summed E-state index contributed by atoms with van der Waals surface area (Å²) in [5, 5.41) is 6.71. The molecule has 0 radical (unpaired) electrons. The summed E-state index contributed by atoms with van der Waals surface area (Å²) in [5.74, 6) is 0.902. The van der Waals surface area contributed by atoms with Crippen LogP contribution in [0.3, 0.4) is 0 Å². The lowest BCUT2D eigenvalue weighted by Gasteiger charge is -2.26. The van der Waals surface area contributed by atoms with Gasteiger partial charge in [-0.1, -0.05) is 12.8 Å². The topological polar surface area (TPSA) is 50.4 Å². The second kappa shape index (κ2) is 4.82. The molecule has 3 rings (SSSR count). The zero-order valence-corrected chi connectivity index (χ0v) is 11.2. The molecule has 2 saturated heterocycles. The molecule has 0 aromatic carbocycles. The van der Waals surface area contributed by atoms with Gasteiger partial charge in [0.1, 0.15) is 0 Å². The number of nitrogens with one attached hydrogen (secondary N) is 2. The van der Waals surface area contributed by atoms with Crippen molar-refractivity contribution in [1.82, 2.24) is 10.6 Å². The highest BCUT2D eigenvalue weighted by molar-refractivity contribution is 5.83. The highest BCUT2D eigenvalue weighted by Gasteiger charge is 2.40. The van der Waals surface area contributed by atoms with E-state index in [-0.39, 0.29) is 17.5 Å². The molecule has 0 aromatic rings. The van der Waals surface area contributed by atoms with Crippen molar-refractivity contribution < 1.29 is 9.53 Å². The van der Waals surface area contributed by atoms with Crippen molar-refractivity contribution in [3.63, 3.8) is 0 Å². The summed E-state index contributed by atoms with van der Waals surface area (Å²) in [6.07, 6.45) is 7.14. The minimum atomic E-state index is -0.146. The lowest BCUT2D eigenvalue weighted by Crippen LogP contribution is -2.53. The maximum absolute atomic E-state index is 12.3. The molecule has 2 heterocycles. The third-order valence-corrected chi connectivity index (χ3v) is 4.82. The van der Waals surface area contributed by atoms with Crippen LogP contribution in [0.25, 0.3) is 0 Å². The van der Waals surface area contributed by atoms with Crippen molar-refractivity contribution in [2.24, 2.45) is 5.92 Å². The van der Waals surface area contributed by atoms with Crippen LogP contribution < -0.4 is 10.6 Å². The molecule has 3 aliphatic rings. The quantitative estimate of drug-likeness (QED) is 0.776. The molecule has 3 fully saturated rings. The molecule has 4 nitrogen and oxygen atoms in total. The van der Waals surface area contributed by atoms with Crippen LogP contribution >= 0.6 is 0 Å². The standard InChI is InChI=1S/C14H24N2O2/c1-14(6-7-18-9-14)16-13(17)12-8-10-4-2-3-5-11(10)15-12/h10-12,15H,2-9H2,1H3,(H,16,17). The van der Waals surface area contributed by atoms with Gasteiger partial charge in [0.05, 0.1) is 18.2 Å². The first-order chi connectivity index (χ1) is 8.66. The van der Waals surface area contributed by atoms with Gasteiger partial charge < -0.3 is 15.4 Å². The molecule has 4 unspecified atom stereocenters. The summed E-state index contributed by atoms with van der Waals surface area (Å²) in [7, 11) is 0. The normalized spacial score (nSPS) is 43.7. The number of ether oxygens (including phenoxy) is 1. The first-order valence-electron chi connectivity index (χ1n) is 7.32. The largest absolute Gasteiger partial charge is 0.379 e. The van der Waals surface area contributed by atoms with Crippen molar-refractivity contribution in [2.45, 2.75) is 63.1 Å². The highest BCUT2D eigenvalue weighted by Crippen LogP contribution is 2.33. The van der Waals surface area contributed by atoms with Crippen LogP contribution in [0.2, 0.25) is 0 Å². The minimum Gasteiger partial charge on any atom is -0.379 e. The van der Waals surface area contributed by atoms with E-state index in [2.05, 4.69) is 17.6 Å². The molecule has 2 N–H and O–H groups in total. The van der Waals surface area contributed by atoms with E-state index in [0.29, 0.717) is 12.6 Å². The minimum absolute atomic E-state index is 0.0236. The van der Waals surface area contributed by atoms with E-state index < -0.39 is 0 Å². The number of carbonyl (C=O) groups excluding carboxylic acids is 1. The second-order valence-electron chi connectivity index (χ2n) is 6.46. The van der Waals surface area contributed by atoms with Gasteiger partial charge in [-0.2, -0.15) is 0 Å². The van der Waals surface area contributed by atoms with Crippen molar-refractivity contribution >= 4 is 5.91 Å². The molecule has 1 amide bonds. The monoisotopic (exact) mass is 252 g/mol. The maximum Gasteiger partial charge on any atom is 0.237 e. The predicted octanol–water partition coefficient (Wildman–Crippen LogP) is 1.20. The van der Waals surface area contributed by atoms with E-state index in [1.54, 1.807) is 0 Å². The van der Waals surface area contributed by atoms with Crippen LogP contribution in [0, 0.1) is 5.92 Å². The SMILES string of the molecule is CC1(NC(=O)C2CC3CCCCC3N2)CCOC1. The van der Waals surface area contributed by atoms with Gasteiger partial charge in [-0.05, 0) is 38.5 Å². The van der Waals surface area contributed by atoms with E-state index in [1.807, 2.05) is 0 Å². The third kappa shape index (κ3) is 2.41. The number of hydrogen-bond donors (Lipinski definition) is 2. The Kier molecular flexibility index (Phi) is 3.32. The Labute approximate surface area is 109 Å². The Morgan fingerprint density at radius 3 is 2.94 bits per heavy atom. The van der Waals surface area contributed by atoms with Crippen molar-refractivity contribution in [2.75, 3.05) is 13.2 Å². The highest BCUT2D eigenvalue weighted by atomic mass is 16.5. The number of carbonyl (C=O) groups is 1. The average molecular weight is 252 g/mol. The summed E-state index contributed by atoms with van der Waals surface area (Å²) >= 11 is 0. The van der Waals surface area contributed by atoms with Crippen molar-refractivity contribution in [3.8, 4) is 0 Å². The molecule has 1 aliphatic carbocycles. The zero-order chi connectivity index (χ0) is 12.6. The Bertz CT molecular complexity index is 312. The summed E-state index contributed by atoms with van der Waals surface area (Å²) < 4.78 is 5.38. The maximum atomic E-state index is 12.3. The van der Waals surface area contributed by atoms with Gasteiger partial charge in [0.25, 0.3) is 0 Å². The summed E-state index contributed by atoms with van der Waals surface area (Å²) in [6.45, 7) is 3.50. The average Bonchev–Trinajstić information content (AvgIpc) is 2.95. The van der Waals surface area contributed by atoms with E-state index >= 15 is 0 Å². The number of rotatable bonds is 2. The zero-order valence-electron chi connectivity index (χ0n) is 11.2. The van der Waals surface area contributed by atoms with Crippen molar-refractivity contribution in [3.05, 3.63) is 0 Å². The van der Waals surface area contributed by atoms with Gasteiger partial charge in [0.2, 0.25) is 5.91 Å². The Morgan fingerprint density at radius 2 is 2.22 bits per heavy atom. The van der Waals surface area contributed by atoms with Crippen LogP contribution in [0.15, 0.2) is 0 Å². The first kappa shape index (κ1) is 12.4. The fraction of sp³-hybridized carbons (Fsp3) is 0.929. The van der Waals surface area contributed by atoms with E-state index in [0.717, 1.165) is 25.4 Å². The smallest absolute Gasteiger partial charge is 0.237 e. The molecular weight excluding hydrogens is 228 g/mol. The van der Waals surface area contributed by atoms with Crippen molar-refractivity contribution in [1.29, 1.82) is 0 Å². The van der Waals surface area contributed by atoms with Crippen LogP contribution in [0.1, 0.15) is 45.4 Å². The Hall–Kier alpha value is -0.610. The van der Waals surface area contributed by atoms with E-state index in [4.69, 9.17) is 4.74 Å². The second-order valence-corrected chi connectivity index (χ2v) is 6.46. The molecule has 1 saturated carbocycles. The first-order valence-corrected chi connectivity index (χ1v) is 7.32. The molecular formula is C14H24N2O2. The molecule has 2 aliphatic heterocycles. The predicted molar refractivity (Wildman–Crippen MR) is 69.3 cm³/mol. The summed E-state index contributed by atoms with van der Waals surface area (Å²) in [6, 6.07) is 0.609. The number of amides is 1. The number of hydrogen-bond acceptors (Lipinski definition) is 3. The Morgan fingerprint density at radius 1 is 1.39 bits per heavy atom. The number of fused-ring (bicyclic) bond motifs is 1. The molecule has 4 atom stereocenters. The van der Waals surface area contributed by atoms with Gasteiger partial charge in [0.15, 0.2) is 0 Å². The lowest BCUT2D eigenvalue weighted by molar-refractivity contribution is -0.124. The fourth-order valence-electron chi connectivity index (χ4n) is 3.67. The molecule has 0 aromatic heterocycles. The van der Waals surface area contributed by atoms with Crippen LogP contribution in [-0.4, -0.2) is 36.7 Å². The van der Waals surface area contributed by atoms with Gasteiger partial charge in [0, 0.05) is 12.6 Å². The third-order valence-electron chi connectivity index (χ3n) is 4.82. The summed E-state index contributed by atoms with van der Waals surface area (Å²) in [4.78, 5) is 12.3. The van der Waals surface area contributed by atoms with Crippen LogP contribution in [0.5, 0.6) is 0 Å². The molecule has 18 heavy (non-hydrogen) atoms. The van der Waals surface area contributed by atoms with E-state index in [1.165, 1.54) is 25.7 Å². The van der Waals surface area contributed by atoms with Gasteiger partial charge in [-0.15, -0.1) is 0 Å². The van der Waals surface area contributed by atoms with Gasteiger partial charge in [-0.25, -0.2) is 0 Å². The van der Waals surface area contributed by atoms with Gasteiger partial charge >= 0.3 is 0 Å². The van der Waals surface area contributed by atoms with E-state index in [9.17, 15) is 4.79 Å². The summed E-state index contributed by atoms with van der Waals surface area (Å²) in [5.41, 5.74) is -0.146. The molecule has 102 valence electrons. The fourth-order valence-corrected chi connectivity index (χ4v) is 3.67. The molecule has 0 spiro atoms. The van der Waals surface area contributed by atoms with Gasteiger partial charge in [-0.3, -0.25) is 4.79 Å². The van der Waals surface area contributed by atoms with Crippen LogP contribution in [-0.2, 0) is 9.53 Å². The Balaban J connectivity index is 1.57. The van der Waals surface area contributed by atoms with Crippen LogP contribution in [0.4, 0.5) is 0 Å².